The third-order valence-corrected chi connectivity index (χ3v) is 12.4. The van der Waals surface area contributed by atoms with Crippen molar-refractivity contribution in [3.63, 3.8) is 0 Å². The first-order valence-electron chi connectivity index (χ1n) is 11.3. The minimum Gasteiger partial charge on any atom is -0.457 e. The highest BCUT2D eigenvalue weighted by Crippen LogP contribution is 2.44. The molecular formula is C24H40O6Si. The standard InChI is InChI=1S/C24H40O6Si/c1-15(2)31(16(3)4,17(5)6)30-24-21(26)23(22(18(7)28-24)29-19(8)25)27-14-20-12-10-9-11-13-20/h9-13,15-18,21-24,26H,14H2,1-8H3/t18-,21?,22+,23?,24+/m1/s1. The van der Waals surface area contributed by atoms with Gasteiger partial charge in [-0.05, 0) is 29.1 Å². The second kappa shape index (κ2) is 11.1. The van der Waals surface area contributed by atoms with E-state index in [1.54, 1.807) is 0 Å². The molecule has 1 N–H and O–H groups in total. The monoisotopic (exact) mass is 452 g/mol. The van der Waals surface area contributed by atoms with Crippen LogP contribution in [-0.2, 0) is 30.0 Å². The summed E-state index contributed by atoms with van der Waals surface area (Å²) in [5, 5.41) is 11.3. The van der Waals surface area contributed by atoms with Gasteiger partial charge in [-0.15, -0.1) is 0 Å². The summed E-state index contributed by atoms with van der Waals surface area (Å²) in [6, 6.07) is 9.72. The molecule has 0 aromatic heterocycles. The molecule has 1 fully saturated rings. The number of aliphatic hydroxyl groups excluding tert-OH is 1. The smallest absolute Gasteiger partial charge is 0.303 e. The van der Waals surface area contributed by atoms with E-state index in [1.807, 2.05) is 37.3 Å². The van der Waals surface area contributed by atoms with Crippen LogP contribution in [0, 0.1) is 0 Å². The van der Waals surface area contributed by atoms with Crippen molar-refractivity contribution in [3.05, 3.63) is 35.9 Å². The lowest BCUT2D eigenvalue weighted by atomic mass is 9.99. The topological polar surface area (TPSA) is 74.2 Å². The summed E-state index contributed by atoms with van der Waals surface area (Å²) >= 11 is 0. The molecule has 1 saturated heterocycles. The molecule has 2 unspecified atom stereocenters. The zero-order valence-corrected chi connectivity index (χ0v) is 21.2. The van der Waals surface area contributed by atoms with Crippen LogP contribution in [0.3, 0.4) is 0 Å². The molecule has 5 atom stereocenters. The highest BCUT2D eigenvalue weighted by atomic mass is 28.4. The summed E-state index contributed by atoms with van der Waals surface area (Å²) in [5.74, 6) is -0.435. The molecule has 6 nitrogen and oxygen atoms in total. The minimum absolute atomic E-state index is 0.293. The van der Waals surface area contributed by atoms with Crippen molar-refractivity contribution in [3.8, 4) is 0 Å². The van der Waals surface area contributed by atoms with Crippen molar-refractivity contribution < 1.29 is 28.5 Å². The van der Waals surface area contributed by atoms with E-state index < -0.39 is 45.0 Å². The minimum atomic E-state index is -2.31. The molecule has 0 bridgehead atoms. The van der Waals surface area contributed by atoms with Gasteiger partial charge in [0.1, 0.15) is 12.2 Å². The lowest BCUT2D eigenvalue weighted by Gasteiger charge is -2.49. The average Bonchev–Trinajstić information content (AvgIpc) is 2.68. The van der Waals surface area contributed by atoms with Crippen LogP contribution >= 0.6 is 0 Å². The SMILES string of the molecule is CC(=O)O[C@@H]1C(OCc2ccccc2)C(O)[C@H](O[Si](C(C)C)(C(C)C)C(C)C)O[C@@H]1C. The Balaban J connectivity index is 2.30. The molecule has 0 radical (unpaired) electrons. The number of hydrogen-bond acceptors (Lipinski definition) is 6. The summed E-state index contributed by atoms with van der Waals surface area (Å²) in [7, 11) is -2.31. The Morgan fingerprint density at radius 2 is 1.58 bits per heavy atom. The number of ether oxygens (including phenoxy) is 3. The maximum absolute atomic E-state index is 11.7. The molecule has 0 amide bonds. The maximum Gasteiger partial charge on any atom is 0.303 e. The number of carbonyl (C=O) groups excluding carboxylic acids is 1. The van der Waals surface area contributed by atoms with Gasteiger partial charge in [-0.1, -0.05) is 71.9 Å². The van der Waals surface area contributed by atoms with Crippen LogP contribution in [0.1, 0.15) is 61.0 Å². The van der Waals surface area contributed by atoms with E-state index in [9.17, 15) is 9.90 Å². The molecule has 0 spiro atoms. The first-order valence-corrected chi connectivity index (χ1v) is 13.5. The van der Waals surface area contributed by atoms with E-state index in [0.717, 1.165) is 5.56 Å². The molecule has 7 heteroatoms. The molecule has 0 saturated carbocycles. The van der Waals surface area contributed by atoms with Crippen LogP contribution in [0.2, 0.25) is 16.6 Å². The van der Waals surface area contributed by atoms with E-state index >= 15 is 0 Å². The predicted octanol–water partition coefficient (Wildman–Crippen LogP) is 4.80. The van der Waals surface area contributed by atoms with E-state index in [1.165, 1.54) is 6.92 Å². The fourth-order valence-electron chi connectivity index (χ4n) is 5.01. The van der Waals surface area contributed by atoms with E-state index in [4.69, 9.17) is 18.6 Å². The highest BCUT2D eigenvalue weighted by Gasteiger charge is 2.53. The Kier molecular flexibility index (Phi) is 9.27. The van der Waals surface area contributed by atoms with E-state index in [0.29, 0.717) is 23.2 Å². The molecule has 1 heterocycles. The number of hydrogen-bond donors (Lipinski definition) is 1. The summed E-state index contributed by atoms with van der Waals surface area (Å²) in [4.78, 5) is 11.7. The zero-order chi connectivity index (χ0) is 23.3. The van der Waals surface area contributed by atoms with Crippen molar-refractivity contribution >= 4 is 14.3 Å². The van der Waals surface area contributed by atoms with Crippen molar-refractivity contribution in [2.24, 2.45) is 0 Å². The molecule has 31 heavy (non-hydrogen) atoms. The van der Waals surface area contributed by atoms with Gasteiger partial charge in [-0.3, -0.25) is 4.79 Å². The normalized spacial score (nSPS) is 27.2. The Morgan fingerprint density at radius 3 is 2.06 bits per heavy atom. The van der Waals surface area contributed by atoms with Gasteiger partial charge < -0.3 is 23.7 Å². The first-order chi connectivity index (χ1) is 14.5. The molecule has 2 rings (SSSR count). The van der Waals surface area contributed by atoms with Crippen LogP contribution in [0.4, 0.5) is 0 Å². The third-order valence-electron chi connectivity index (χ3n) is 6.37. The van der Waals surface area contributed by atoms with Crippen LogP contribution in [0.15, 0.2) is 30.3 Å². The van der Waals surface area contributed by atoms with Crippen molar-refractivity contribution in [2.75, 3.05) is 0 Å². The quantitative estimate of drug-likeness (QED) is 0.428. The molecule has 1 aliphatic heterocycles. The van der Waals surface area contributed by atoms with Crippen LogP contribution in [0.25, 0.3) is 0 Å². The Morgan fingerprint density at radius 1 is 1.03 bits per heavy atom. The fraction of sp³-hybridized carbons (Fsp3) is 0.708. The number of esters is 1. The van der Waals surface area contributed by atoms with Crippen molar-refractivity contribution in [2.45, 2.75) is 109 Å². The van der Waals surface area contributed by atoms with Gasteiger partial charge in [-0.25, -0.2) is 0 Å². The van der Waals surface area contributed by atoms with Gasteiger partial charge in [0.2, 0.25) is 8.32 Å². The fourth-order valence-corrected chi connectivity index (χ4v) is 10.4. The second-order valence-corrected chi connectivity index (χ2v) is 14.9. The zero-order valence-electron chi connectivity index (χ0n) is 20.2. The van der Waals surface area contributed by atoms with E-state index in [-0.39, 0.29) is 0 Å². The molecule has 1 aromatic rings. The van der Waals surface area contributed by atoms with Gasteiger partial charge in [0, 0.05) is 6.92 Å². The van der Waals surface area contributed by atoms with Gasteiger partial charge in [0.15, 0.2) is 12.4 Å². The van der Waals surface area contributed by atoms with Gasteiger partial charge >= 0.3 is 5.97 Å². The Labute approximate surface area is 188 Å². The molecule has 1 aliphatic rings. The number of rotatable bonds is 9. The number of carbonyl (C=O) groups is 1. The lowest BCUT2D eigenvalue weighted by molar-refractivity contribution is -0.286. The van der Waals surface area contributed by atoms with E-state index in [2.05, 4.69) is 41.5 Å². The summed E-state index contributed by atoms with van der Waals surface area (Å²) in [6.07, 6.45) is -3.86. The Hall–Kier alpha value is -1.25. The average molecular weight is 453 g/mol. The molecule has 176 valence electrons. The Bertz CT molecular complexity index is 671. The van der Waals surface area contributed by atoms with Crippen molar-refractivity contribution in [1.29, 1.82) is 0 Å². The molecular weight excluding hydrogens is 412 g/mol. The maximum atomic E-state index is 11.7. The van der Waals surface area contributed by atoms with Crippen molar-refractivity contribution in [1.82, 2.24) is 0 Å². The summed E-state index contributed by atoms with van der Waals surface area (Å²) in [6.45, 7) is 16.6. The van der Waals surface area contributed by atoms with Crippen LogP contribution < -0.4 is 0 Å². The first kappa shape index (κ1) is 26.0. The second-order valence-electron chi connectivity index (χ2n) is 9.47. The third kappa shape index (κ3) is 5.96. The molecule has 1 aromatic carbocycles. The highest BCUT2D eigenvalue weighted by molar-refractivity contribution is 6.77. The molecule has 0 aliphatic carbocycles. The van der Waals surface area contributed by atoms with Gasteiger partial charge in [0.25, 0.3) is 0 Å². The van der Waals surface area contributed by atoms with Crippen LogP contribution in [0.5, 0.6) is 0 Å². The number of aliphatic hydroxyl groups is 1. The van der Waals surface area contributed by atoms with Gasteiger partial charge in [0.05, 0.1) is 12.7 Å². The van der Waals surface area contributed by atoms with Crippen LogP contribution in [-0.4, -0.2) is 50.1 Å². The number of benzene rings is 1. The summed E-state index contributed by atoms with van der Waals surface area (Å²) < 4.78 is 24.5. The van der Waals surface area contributed by atoms with Gasteiger partial charge in [-0.2, -0.15) is 0 Å². The largest absolute Gasteiger partial charge is 0.457 e. The lowest BCUT2D eigenvalue weighted by Crippen LogP contribution is -2.63. The predicted molar refractivity (Wildman–Crippen MR) is 123 cm³/mol. The summed E-state index contributed by atoms with van der Waals surface area (Å²) in [5.41, 5.74) is 2.00.